The van der Waals surface area contributed by atoms with Crippen LogP contribution in [0.2, 0.25) is 0 Å². The topological polar surface area (TPSA) is 115 Å². The molecule has 1 aromatic carbocycles. The molecule has 0 spiro atoms. The lowest BCUT2D eigenvalue weighted by molar-refractivity contribution is -0.0644. The number of ether oxygens (including phenoxy) is 1. The minimum atomic E-state index is -0.0151. The van der Waals surface area contributed by atoms with Gasteiger partial charge in [0.25, 0.3) is 0 Å². The van der Waals surface area contributed by atoms with Gasteiger partial charge in [-0.05, 0) is 56.4 Å². The van der Waals surface area contributed by atoms with Gasteiger partial charge in [0.05, 0.1) is 42.7 Å². The molecule has 1 fully saturated rings. The predicted octanol–water partition coefficient (Wildman–Crippen LogP) is 3.85. The average molecular weight is 478 g/mol. The number of carbonyl (C=O) groups excluding carboxylic acids is 1. The number of anilines is 1. The van der Waals surface area contributed by atoms with Gasteiger partial charge in [-0.3, -0.25) is 0 Å². The highest BCUT2D eigenvalue weighted by Gasteiger charge is 2.33. The van der Waals surface area contributed by atoms with Crippen LogP contribution in [0.25, 0.3) is 11.3 Å². The van der Waals surface area contributed by atoms with E-state index in [2.05, 4.69) is 44.1 Å². The Balaban J connectivity index is 1.47. The van der Waals surface area contributed by atoms with Crippen molar-refractivity contribution < 1.29 is 9.53 Å². The number of rotatable bonds is 8. The lowest BCUT2D eigenvalue weighted by Crippen LogP contribution is -2.58. The molecule has 1 atom stereocenters. The fraction of sp³-hybridized carbons (Fsp3) is 0.462. The van der Waals surface area contributed by atoms with Crippen LogP contribution in [0.3, 0.4) is 0 Å². The Morgan fingerprint density at radius 2 is 2.09 bits per heavy atom. The maximum absolute atomic E-state index is 12.8. The van der Waals surface area contributed by atoms with Crippen molar-refractivity contribution in [3.05, 3.63) is 53.5 Å². The number of allylic oxidation sites excluding steroid dienone is 1. The molecule has 9 heteroatoms. The Kier molecular flexibility index (Phi) is 7.97. The number of hydrogen-bond donors (Lipinski definition) is 4. The number of nitrogens with zero attached hydrogens (tertiary/aromatic N) is 3. The Morgan fingerprint density at radius 1 is 1.26 bits per heavy atom. The number of nitrogens with one attached hydrogen (secondary N) is 4. The van der Waals surface area contributed by atoms with Crippen molar-refractivity contribution in [1.29, 1.82) is 5.41 Å². The molecule has 0 saturated carbocycles. The third-order valence-electron chi connectivity index (χ3n) is 6.27. The van der Waals surface area contributed by atoms with Crippen LogP contribution in [0.4, 0.5) is 10.7 Å². The summed E-state index contributed by atoms with van der Waals surface area (Å²) < 4.78 is 5.78. The molecule has 1 aliphatic carbocycles. The molecule has 0 bridgehead atoms. The van der Waals surface area contributed by atoms with E-state index in [1.807, 2.05) is 24.8 Å². The summed E-state index contributed by atoms with van der Waals surface area (Å²) in [6, 6.07) is 8.24. The fourth-order valence-corrected chi connectivity index (χ4v) is 4.58. The second kappa shape index (κ2) is 11.3. The van der Waals surface area contributed by atoms with Crippen molar-refractivity contribution >= 4 is 18.2 Å². The van der Waals surface area contributed by atoms with E-state index in [-0.39, 0.29) is 24.3 Å². The molecule has 4 rings (SSSR count). The maximum Gasteiger partial charge on any atom is 0.318 e. The van der Waals surface area contributed by atoms with Gasteiger partial charge in [-0.2, -0.15) is 0 Å². The zero-order valence-electron chi connectivity index (χ0n) is 20.7. The number of aryl methyl sites for hydroxylation is 1. The Labute approximate surface area is 206 Å². The van der Waals surface area contributed by atoms with Crippen LogP contribution in [0.5, 0.6) is 0 Å². The zero-order valence-corrected chi connectivity index (χ0v) is 20.7. The summed E-state index contributed by atoms with van der Waals surface area (Å²) in [6.45, 7) is 5.34. The van der Waals surface area contributed by atoms with Crippen LogP contribution in [0.1, 0.15) is 50.3 Å². The number of benzene rings is 1. The molecule has 9 nitrogen and oxygen atoms in total. The molecule has 0 radical (unpaired) electrons. The van der Waals surface area contributed by atoms with Crippen LogP contribution in [0.15, 0.2) is 42.4 Å². The number of fused-ring (bicyclic) bond motifs is 1. The van der Waals surface area contributed by atoms with Gasteiger partial charge in [-0.15, -0.1) is 0 Å². The first-order chi connectivity index (χ1) is 17.0. The second-order valence-electron chi connectivity index (χ2n) is 9.30. The van der Waals surface area contributed by atoms with Crippen molar-refractivity contribution in [3.63, 3.8) is 0 Å². The van der Waals surface area contributed by atoms with Crippen molar-refractivity contribution in [3.8, 4) is 11.3 Å². The van der Waals surface area contributed by atoms with E-state index in [0.717, 1.165) is 36.9 Å². The van der Waals surface area contributed by atoms with Gasteiger partial charge in [0.1, 0.15) is 0 Å². The number of amides is 2. The molecule has 2 heterocycles. The third kappa shape index (κ3) is 6.16. The third-order valence-corrected chi connectivity index (χ3v) is 6.27. The van der Waals surface area contributed by atoms with E-state index in [9.17, 15) is 4.79 Å². The average Bonchev–Trinajstić information content (AvgIpc) is 3.02. The molecule has 2 aromatic rings. The minimum absolute atomic E-state index is 0.00331. The van der Waals surface area contributed by atoms with Crippen LogP contribution >= 0.6 is 0 Å². The van der Waals surface area contributed by atoms with Crippen molar-refractivity contribution in [2.75, 3.05) is 25.5 Å². The van der Waals surface area contributed by atoms with E-state index in [0.29, 0.717) is 24.7 Å². The van der Waals surface area contributed by atoms with Crippen LogP contribution in [-0.4, -0.2) is 59.5 Å². The molecule has 35 heavy (non-hydrogen) atoms. The standard InChI is InChI=1S/C26H35N7O2/c1-17(2)35-21-15-33(16-21)26(34)32-24-7-5-4-6-18-12-19(8-9-22(18)24)23-10-11-29-25(31-23)30-20(13-27)14-28-3/h8-14,17,21,24,27-28H,4-7,15-16H2,1-3H3,(H,32,34)(H,29,30,31)/b20-14+,27-13?. The molecular weight excluding hydrogens is 442 g/mol. The van der Waals surface area contributed by atoms with Crippen molar-refractivity contribution in [1.82, 2.24) is 25.5 Å². The zero-order chi connectivity index (χ0) is 24.8. The Morgan fingerprint density at radius 3 is 2.83 bits per heavy atom. The highest BCUT2D eigenvalue weighted by Crippen LogP contribution is 2.32. The molecule has 1 aliphatic heterocycles. The summed E-state index contributed by atoms with van der Waals surface area (Å²) in [5.41, 5.74) is 4.81. The summed E-state index contributed by atoms with van der Waals surface area (Å²) in [6.07, 6.45) is 8.98. The number of urea groups is 1. The van der Waals surface area contributed by atoms with Crippen molar-refractivity contribution in [2.24, 2.45) is 0 Å². The Hall–Kier alpha value is -3.46. The van der Waals surface area contributed by atoms with Gasteiger partial charge < -0.3 is 31.0 Å². The largest absolute Gasteiger partial charge is 0.392 e. The Bertz CT molecular complexity index is 1080. The summed E-state index contributed by atoms with van der Waals surface area (Å²) in [7, 11) is 1.77. The van der Waals surface area contributed by atoms with Gasteiger partial charge in [0.15, 0.2) is 0 Å². The normalized spacial score (nSPS) is 18.3. The van der Waals surface area contributed by atoms with Gasteiger partial charge in [-0.1, -0.05) is 18.6 Å². The SMILES string of the molecule is CN/C=C(\C=N)Nc1nccc(-c2ccc3c(c2)CCCCC3NC(=O)N2CC(OC(C)C)C2)n1. The van der Waals surface area contributed by atoms with E-state index < -0.39 is 0 Å². The van der Waals surface area contributed by atoms with E-state index in [4.69, 9.17) is 10.1 Å². The second-order valence-corrected chi connectivity index (χ2v) is 9.30. The number of aromatic nitrogens is 2. The molecule has 2 aliphatic rings. The quantitative estimate of drug-likeness (QED) is 0.339. The van der Waals surface area contributed by atoms with Gasteiger partial charge in [0.2, 0.25) is 5.95 Å². The van der Waals surface area contributed by atoms with Gasteiger partial charge in [0, 0.05) is 31.2 Å². The molecular formula is C26H35N7O2. The highest BCUT2D eigenvalue weighted by atomic mass is 16.5. The molecule has 1 unspecified atom stereocenters. The predicted molar refractivity (Wildman–Crippen MR) is 137 cm³/mol. The first-order valence-electron chi connectivity index (χ1n) is 12.3. The van der Waals surface area contributed by atoms with Crippen molar-refractivity contribution in [2.45, 2.75) is 57.8 Å². The maximum atomic E-state index is 12.8. The first kappa shape index (κ1) is 24.7. The van der Waals surface area contributed by atoms with Crippen LogP contribution < -0.4 is 16.0 Å². The molecule has 186 valence electrons. The summed E-state index contributed by atoms with van der Waals surface area (Å²) in [5.74, 6) is 0.432. The number of carbonyl (C=O) groups is 1. The lowest BCUT2D eigenvalue weighted by atomic mass is 9.95. The monoisotopic (exact) mass is 477 g/mol. The lowest BCUT2D eigenvalue weighted by Gasteiger charge is -2.40. The molecule has 1 aromatic heterocycles. The van der Waals surface area contributed by atoms with E-state index >= 15 is 0 Å². The molecule has 2 amide bonds. The smallest absolute Gasteiger partial charge is 0.318 e. The van der Waals surface area contributed by atoms with Gasteiger partial charge >= 0.3 is 6.03 Å². The highest BCUT2D eigenvalue weighted by molar-refractivity contribution is 5.79. The van der Waals surface area contributed by atoms with Gasteiger partial charge in [-0.25, -0.2) is 14.8 Å². The molecule has 4 N–H and O–H groups in total. The van der Waals surface area contributed by atoms with Crippen LogP contribution in [-0.2, 0) is 11.2 Å². The number of likely N-dealkylation sites (tertiary alicyclic amines) is 1. The van der Waals surface area contributed by atoms with E-state index in [1.165, 1.54) is 17.3 Å². The minimum Gasteiger partial charge on any atom is -0.392 e. The van der Waals surface area contributed by atoms with Crippen LogP contribution in [0, 0.1) is 5.41 Å². The number of hydrogen-bond acceptors (Lipinski definition) is 7. The summed E-state index contributed by atoms with van der Waals surface area (Å²) >= 11 is 0. The summed E-state index contributed by atoms with van der Waals surface area (Å²) in [4.78, 5) is 23.6. The van der Waals surface area contributed by atoms with E-state index in [1.54, 1.807) is 19.4 Å². The fourth-order valence-electron chi connectivity index (χ4n) is 4.58. The molecule has 1 saturated heterocycles. The summed E-state index contributed by atoms with van der Waals surface area (Å²) in [5, 5.41) is 16.7. The first-order valence-corrected chi connectivity index (χ1v) is 12.3.